The molecule has 2 aromatic rings. The molecule has 1 aromatic carbocycles. The average molecular weight is 468 g/mol. The van der Waals surface area contributed by atoms with Gasteiger partial charge in [0, 0.05) is 17.0 Å². The fraction of sp³-hybridized carbons (Fsp3) is 0.500. The van der Waals surface area contributed by atoms with Crippen molar-refractivity contribution < 1.29 is 14.4 Å². The van der Waals surface area contributed by atoms with Gasteiger partial charge in [-0.3, -0.25) is 14.5 Å². The number of carbonyl (C=O) groups excluding carboxylic acids is 3. The third-order valence-electron chi connectivity index (χ3n) is 6.90. The van der Waals surface area contributed by atoms with Crippen LogP contribution in [0.4, 0.5) is 4.79 Å². The van der Waals surface area contributed by atoms with Crippen LogP contribution in [0.5, 0.6) is 0 Å². The molecule has 2 heterocycles. The predicted molar refractivity (Wildman–Crippen MR) is 131 cm³/mol. The standard InChI is InChI=1S/C26H33N3O3S/c1-16-13-18(25(3,4)5)14-17(2)19(16)8-11-27-22(30)15-29-23(31)26(28-24(29)32)10-6-7-21-20(26)9-12-33-21/h9,12-14H,6-8,10-11,15H2,1-5H3,(H,27,30)(H,28,32). The monoisotopic (exact) mass is 467 g/mol. The van der Waals surface area contributed by atoms with Gasteiger partial charge in [0.1, 0.15) is 12.1 Å². The summed E-state index contributed by atoms with van der Waals surface area (Å²) in [4.78, 5) is 40.7. The van der Waals surface area contributed by atoms with Crippen LogP contribution in [0.1, 0.15) is 66.3 Å². The van der Waals surface area contributed by atoms with E-state index in [0.717, 1.165) is 28.2 Å². The number of carbonyl (C=O) groups is 3. The number of benzene rings is 1. The molecular formula is C26H33N3O3S. The second-order valence-corrected chi connectivity index (χ2v) is 11.3. The molecule has 1 aliphatic heterocycles. The number of imide groups is 1. The zero-order chi connectivity index (χ0) is 24.0. The van der Waals surface area contributed by atoms with Crippen molar-refractivity contribution in [1.82, 2.24) is 15.5 Å². The fourth-order valence-electron chi connectivity index (χ4n) is 5.03. The molecule has 2 aliphatic rings. The molecule has 0 radical (unpaired) electrons. The van der Waals surface area contributed by atoms with E-state index in [1.54, 1.807) is 11.3 Å². The Hall–Kier alpha value is -2.67. The van der Waals surface area contributed by atoms with Crippen LogP contribution in [0.25, 0.3) is 0 Å². The van der Waals surface area contributed by atoms with Crippen molar-refractivity contribution in [2.75, 3.05) is 13.1 Å². The van der Waals surface area contributed by atoms with Crippen molar-refractivity contribution in [3.63, 3.8) is 0 Å². The lowest BCUT2D eigenvalue weighted by Crippen LogP contribution is -2.47. The van der Waals surface area contributed by atoms with Gasteiger partial charge in [0.2, 0.25) is 5.91 Å². The SMILES string of the molecule is Cc1cc(C(C)(C)C)cc(C)c1CCNC(=O)CN1C(=O)NC2(CCCc3sccc32)C1=O. The maximum Gasteiger partial charge on any atom is 0.325 e. The van der Waals surface area contributed by atoms with E-state index in [-0.39, 0.29) is 23.8 Å². The van der Waals surface area contributed by atoms with Crippen molar-refractivity contribution >= 4 is 29.2 Å². The molecule has 1 fully saturated rings. The number of thiophene rings is 1. The van der Waals surface area contributed by atoms with Gasteiger partial charge < -0.3 is 10.6 Å². The first kappa shape index (κ1) is 23.5. The van der Waals surface area contributed by atoms with Crippen LogP contribution in [0.2, 0.25) is 0 Å². The highest BCUT2D eigenvalue weighted by Crippen LogP contribution is 2.42. The molecule has 1 aromatic heterocycles. The molecule has 2 N–H and O–H groups in total. The molecule has 1 saturated heterocycles. The van der Waals surface area contributed by atoms with Gasteiger partial charge in [0.05, 0.1) is 0 Å². The zero-order valence-corrected chi connectivity index (χ0v) is 20.9. The Morgan fingerprint density at radius 2 is 1.91 bits per heavy atom. The van der Waals surface area contributed by atoms with E-state index in [2.05, 4.69) is 57.4 Å². The third-order valence-corrected chi connectivity index (χ3v) is 7.88. The average Bonchev–Trinajstić information content (AvgIpc) is 3.30. The highest BCUT2D eigenvalue weighted by atomic mass is 32.1. The Balaban J connectivity index is 1.38. The highest BCUT2D eigenvalue weighted by Gasteiger charge is 2.54. The molecule has 1 aliphatic carbocycles. The van der Waals surface area contributed by atoms with E-state index >= 15 is 0 Å². The minimum absolute atomic E-state index is 0.0879. The first-order chi connectivity index (χ1) is 15.5. The summed E-state index contributed by atoms with van der Waals surface area (Å²) in [6, 6.07) is 5.88. The highest BCUT2D eigenvalue weighted by molar-refractivity contribution is 7.10. The van der Waals surface area contributed by atoms with E-state index in [4.69, 9.17) is 0 Å². The topological polar surface area (TPSA) is 78.5 Å². The Labute approximate surface area is 199 Å². The van der Waals surface area contributed by atoms with Gasteiger partial charge in [-0.15, -0.1) is 11.3 Å². The van der Waals surface area contributed by atoms with Gasteiger partial charge in [-0.25, -0.2) is 4.79 Å². The lowest BCUT2D eigenvalue weighted by atomic mass is 9.80. The molecule has 1 spiro atoms. The predicted octanol–water partition coefficient (Wildman–Crippen LogP) is 4.10. The Bertz CT molecular complexity index is 1090. The summed E-state index contributed by atoms with van der Waals surface area (Å²) in [5, 5.41) is 7.75. The number of rotatable bonds is 5. The molecule has 176 valence electrons. The van der Waals surface area contributed by atoms with Crippen molar-refractivity contribution in [2.24, 2.45) is 0 Å². The zero-order valence-electron chi connectivity index (χ0n) is 20.1. The minimum Gasteiger partial charge on any atom is -0.354 e. The molecule has 1 atom stereocenters. The first-order valence-corrected chi connectivity index (χ1v) is 12.5. The number of aryl methyl sites for hydroxylation is 3. The molecule has 0 bridgehead atoms. The third kappa shape index (κ3) is 4.31. The summed E-state index contributed by atoms with van der Waals surface area (Å²) in [5.74, 6) is -0.634. The maximum atomic E-state index is 13.3. The smallest absolute Gasteiger partial charge is 0.325 e. The largest absolute Gasteiger partial charge is 0.354 e. The number of amides is 4. The van der Waals surface area contributed by atoms with Crippen LogP contribution in [-0.4, -0.2) is 35.8 Å². The number of urea groups is 1. The minimum atomic E-state index is -1.01. The number of hydrogen-bond donors (Lipinski definition) is 2. The maximum absolute atomic E-state index is 13.3. The summed E-state index contributed by atoms with van der Waals surface area (Å²) >= 11 is 1.62. The van der Waals surface area contributed by atoms with Gasteiger partial charge in [0.15, 0.2) is 0 Å². The summed E-state index contributed by atoms with van der Waals surface area (Å²) in [5.41, 5.74) is 4.94. The van der Waals surface area contributed by atoms with Crippen LogP contribution < -0.4 is 10.6 Å². The molecule has 7 heteroatoms. The van der Waals surface area contributed by atoms with E-state index in [9.17, 15) is 14.4 Å². The molecule has 0 saturated carbocycles. The number of hydrogen-bond acceptors (Lipinski definition) is 4. The van der Waals surface area contributed by atoms with Gasteiger partial charge in [-0.2, -0.15) is 0 Å². The summed E-state index contributed by atoms with van der Waals surface area (Å²) in [6.07, 6.45) is 3.04. The van der Waals surface area contributed by atoms with Crippen molar-refractivity contribution in [2.45, 2.75) is 71.3 Å². The van der Waals surface area contributed by atoms with E-state index < -0.39 is 11.6 Å². The van der Waals surface area contributed by atoms with E-state index in [0.29, 0.717) is 19.4 Å². The summed E-state index contributed by atoms with van der Waals surface area (Å²) in [6.45, 7) is 11.0. The summed E-state index contributed by atoms with van der Waals surface area (Å²) < 4.78 is 0. The number of fused-ring (bicyclic) bond motifs is 2. The molecule has 4 rings (SSSR count). The fourth-order valence-corrected chi connectivity index (χ4v) is 6.03. The lowest BCUT2D eigenvalue weighted by molar-refractivity contribution is -0.135. The second kappa shape index (κ2) is 8.60. The van der Waals surface area contributed by atoms with Gasteiger partial charge >= 0.3 is 6.03 Å². The Morgan fingerprint density at radius 3 is 2.58 bits per heavy atom. The van der Waals surface area contributed by atoms with Crippen LogP contribution in [0.3, 0.4) is 0 Å². The summed E-state index contributed by atoms with van der Waals surface area (Å²) in [7, 11) is 0. The first-order valence-electron chi connectivity index (χ1n) is 11.6. The number of nitrogens with one attached hydrogen (secondary N) is 2. The van der Waals surface area contributed by atoms with Crippen molar-refractivity contribution in [1.29, 1.82) is 0 Å². The van der Waals surface area contributed by atoms with Crippen LogP contribution in [-0.2, 0) is 33.4 Å². The lowest BCUT2D eigenvalue weighted by Gasteiger charge is -2.31. The van der Waals surface area contributed by atoms with Crippen LogP contribution in [0.15, 0.2) is 23.6 Å². The number of nitrogens with zero attached hydrogens (tertiary/aromatic N) is 1. The molecule has 1 unspecified atom stereocenters. The van der Waals surface area contributed by atoms with Crippen LogP contribution >= 0.6 is 11.3 Å². The van der Waals surface area contributed by atoms with Gasteiger partial charge in [0.25, 0.3) is 5.91 Å². The molecule has 6 nitrogen and oxygen atoms in total. The van der Waals surface area contributed by atoms with E-state index in [1.165, 1.54) is 22.3 Å². The second-order valence-electron chi connectivity index (χ2n) is 10.3. The molecular weight excluding hydrogens is 434 g/mol. The Kier molecular flexibility index (Phi) is 6.12. The van der Waals surface area contributed by atoms with Crippen molar-refractivity contribution in [3.8, 4) is 0 Å². The molecule has 33 heavy (non-hydrogen) atoms. The van der Waals surface area contributed by atoms with Crippen molar-refractivity contribution in [3.05, 3.63) is 56.3 Å². The van der Waals surface area contributed by atoms with E-state index in [1.807, 2.05) is 11.4 Å². The van der Waals surface area contributed by atoms with Crippen LogP contribution in [0, 0.1) is 13.8 Å². The molecule has 4 amide bonds. The normalized spacial score (nSPS) is 20.2. The van der Waals surface area contributed by atoms with Gasteiger partial charge in [-0.1, -0.05) is 32.9 Å². The Morgan fingerprint density at radius 1 is 1.21 bits per heavy atom. The quantitative estimate of drug-likeness (QED) is 0.650. The van der Waals surface area contributed by atoms with Gasteiger partial charge in [-0.05, 0) is 78.6 Å².